The van der Waals surface area contributed by atoms with E-state index in [1.54, 1.807) is 36.5 Å². The molecule has 3 aromatic carbocycles. The zero-order chi connectivity index (χ0) is 28.9. The average Bonchev–Trinajstić information content (AvgIpc) is 3.50. The first kappa shape index (κ1) is 28.8. The maximum atomic E-state index is 13.2. The highest BCUT2D eigenvalue weighted by atomic mass is 19.1. The zero-order valence-electron chi connectivity index (χ0n) is 22.4. The Morgan fingerprint density at radius 1 is 1.00 bits per heavy atom. The molecule has 11 heteroatoms. The fourth-order valence-electron chi connectivity index (χ4n) is 3.72. The molecule has 3 N–H and O–H groups in total. The van der Waals surface area contributed by atoms with Crippen LogP contribution in [0.2, 0.25) is 0 Å². The molecule has 0 aliphatic heterocycles. The van der Waals surface area contributed by atoms with Crippen LogP contribution >= 0.6 is 0 Å². The summed E-state index contributed by atoms with van der Waals surface area (Å²) in [6, 6.07) is 19.5. The van der Waals surface area contributed by atoms with Crippen molar-refractivity contribution in [1.82, 2.24) is 20.7 Å². The maximum absolute atomic E-state index is 13.2. The molecule has 4 aromatic rings. The summed E-state index contributed by atoms with van der Waals surface area (Å²) < 4.78 is 30.0. The number of hydrogen-bond donors (Lipinski definition) is 3. The Bertz CT molecular complexity index is 1430. The summed E-state index contributed by atoms with van der Waals surface area (Å²) in [6.45, 7) is 2.56. The van der Waals surface area contributed by atoms with E-state index >= 15 is 0 Å². The van der Waals surface area contributed by atoms with Gasteiger partial charge in [0.2, 0.25) is 0 Å². The lowest BCUT2D eigenvalue weighted by Crippen LogP contribution is -2.47. The van der Waals surface area contributed by atoms with Crippen LogP contribution in [0.3, 0.4) is 0 Å². The van der Waals surface area contributed by atoms with E-state index in [2.05, 4.69) is 25.8 Å². The number of nitrogens with zero attached hydrogens (tertiary/aromatic N) is 2. The van der Waals surface area contributed by atoms with Gasteiger partial charge >= 0.3 is 6.09 Å². The lowest BCUT2D eigenvalue weighted by Gasteiger charge is -2.16. The summed E-state index contributed by atoms with van der Waals surface area (Å²) in [7, 11) is 0. The Kier molecular flexibility index (Phi) is 10.4. The number of hydrazone groups is 1. The molecule has 0 fully saturated rings. The van der Waals surface area contributed by atoms with Crippen LogP contribution in [0.1, 0.15) is 29.3 Å². The first-order valence-electron chi connectivity index (χ1n) is 12.9. The van der Waals surface area contributed by atoms with Crippen molar-refractivity contribution in [2.45, 2.75) is 32.6 Å². The van der Waals surface area contributed by atoms with Crippen LogP contribution < -0.4 is 20.2 Å². The maximum Gasteiger partial charge on any atom is 0.408 e. The smallest absolute Gasteiger partial charge is 0.408 e. The SMILES string of the molecule is CCOc1cc(/C=N\NC(=O)[C@@H](Cc2cnc[nH]2)NC(=O)OCc2ccccc2)ccc1OCc1ccc(F)cc1. The average molecular weight is 560 g/mol. The van der Waals surface area contributed by atoms with Gasteiger partial charge in [-0.15, -0.1) is 0 Å². The first-order chi connectivity index (χ1) is 20.0. The fourth-order valence-corrected chi connectivity index (χ4v) is 3.72. The number of carbonyl (C=O) groups is 2. The molecule has 0 radical (unpaired) electrons. The molecule has 4 rings (SSSR count). The number of aromatic amines is 1. The lowest BCUT2D eigenvalue weighted by molar-refractivity contribution is -0.123. The molecule has 41 heavy (non-hydrogen) atoms. The number of H-pyrrole nitrogens is 1. The molecule has 2 amide bonds. The lowest BCUT2D eigenvalue weighted by atomic mass is 10.1. The van der Waals surface area contributed by atoms with Gasteiger partial charge in [0, 0.05) is 18.3 Å². The van der Waals surface area contributed by atoms with Crippen LogP contribution in [0.25, 0.3) is 0 Å². The molecule has 0 spiro atoms. The summed E-state index contributed by atoms with van der Waals surface area (Å²) >= 11 is 0. The minimum absolute atomic E-state index is 0.0645. The zero-order valence-corrected chi connectivity index (χ0v) is 22.4. The number of hydrogen-bond acceptors (Lipinski definition) is 7. The number of nitrogens with one attached hydrogen (secondary N) is 3. The van der Waals surface area contributed by atoms with Crippen molar-refractivity contribution in [2.75, 3.05) is 6.61 Å². The molecule has 0 saturated carbocycles. The van der Waals surface area contributed by atoms with E-state index in [4.69, 9.17) is 14.2 Å². The van der Waals surface area contributed by atoms with E-state index in [0.717, 1.165) is 11.1 Å². The summed E-state index contributed by atoms with van der Waals surface area (Å²) in [5.74, 6) is 0.141. The highest BCUT2D eigenvalue weighted by molar-refractivity contribution is 5.87. The summed E-state index contributed by atoms with van der Waals surface area (Å²) in [5, 5.41) is 6.64. The van der Waals surface area contributed by atoms with Gasteiger partial charge in [-0.25, -0.2) is 19.6 Å². The van der Waals surface area contributed by atoms with Gasteiger partial charge < -0.3 is 24.5 Å². The van der Waals surface area contributed by atoms with Crippen LogP contribution in [0.15, 0.2) is 90.4 Å². The number of alkyl carbamates (subject to hydrolysis) is 1. The van der Waals surface area contributed by atoms with Gasteiger partial charge in [-0.3, -0.25) is 4.79 Å². The molecule has 10 nitrogen and oxygen atoms in total. The van der Waals surface area contributed by atoms with Gasteiger partial charge in [-0.2, -0.15) is 5.10 Å². The quantitative estimate of drug-likeness (QED) is 0.163. The van der Waals surface area contributed by atoms with Crippen molar-refractivity contribution in [3.05, 3.63) is 114 Å². The molecule has 1 atom stereocenters. The van der Waals surface area contributed by atoms with Crippen LogP contribution in [0, 0.1) is 5.82 Å². The molecule has 1 aromatic heterocycles. The number of carbonyl (C=O) groups excluding carboxylic acids is 2. The molecule has 0 bridgehead atoms. The standard InChI is InChI=1S/C30H30FN5O5/c1-2-39-28-14-23(10-13-27(28)40-18-22-8-11-24(31)12-9-22)16-34-36-29(37)26(15-25-17-32-20-33-25)35-30(38)41-19-21-6-4-3-5-7-21/h3-14,16-17,20,26H,2,15,18-19H2,1H3,(H,32,33)(H,35,38)(H,36,37)/b34-16-/t26-/m1/s1. The van der Waals surface area contributed by atoms with Crippen molar-refractivity contribution in [2.24, 2.45) is 5.10 Å². The van der Waals surface area contributed by atoms with Gasteiger partial charge in [0.15, 0.2) is 11.5 Å². The molecule has 0 saturated heterocycles. The van der Waals surface area contributed by atoms with Crippen molar-refractivity contribution in [3.63, 3.8) is 0 Å². The normalized spacial score (nSPS) is 11.6. The number of ether oxygens (including phenoxy) is 3. The topological polar surface area (TPSA) is 127 Å². The summed E-state index contributed by atoms with van der Waals surface area (Å²) in [4.78, 5) is 32.2. The van der Waals surface area contributed by atoms with Gasteiger partial charge in [0.25, 0.3) is 5.91 Å². The van der Waals surface area contributed by atoms with E-state index in [9.17, 15) is 14.0 Å². The second kappa shape index (κ2) is 14.8. The summed E-state index contributed by atoms with van der Waals surface area (Å²) in [5.41, 5.74) is 5.38. The van der Waals surface area contributed by atoms with E-state index in [1.165, 1.54) is 24.7 Å². The predicted octanol–water partition coefficient (Wildman–Crippen LogP) is 4.51. The third kappa shape index (κ3) is 9.20. The van der Waals surface area contributed by atoms with Crippen molar-refractivity contribution < 1.29 is 28.2 Å². The van der Waals surface area contributed by atoms with Crippen LogP contribution in [0.4, 0.5) is 9.18 Å². The largest absolute Gasteiger partial charge is 0.490 e. The number of imidazole rings is 1. The molecule has 0 unspecified atom stereocenters. The van der Waals surface area contributed by atoms with Gasteiger partial charge in [-0.05, 0) is 53.9 Å². The van der Waals surface area contributed by atoms with Crippen molar-refractivity contribution in [1.29, 1.82) is 0 Å². The third-order valence-corrected chi connectivity index (χ3v) is 5.76. The number of halogens is 1. The van der Waals surface area contributed by atoms with Crippen molar-refractivity contribution >= 4 is 18.2 Å². The molecule has 0 aliphatic carbocycles. The minimum Gasteiger partial charge on any atom is -0.490 e. The third-order valence-electron chi connectivity index (χ3n) is 5.76. The second-order valence-electron chi connectivity index (χ2n) is 8.83. The van der Waals surface area contributed by atoms with Gasteiger partial charge in [0.05, 0.1) is 19.1 Å². The highest BCUT2D eigenvalue weighted by Crippen LogP contribution is 2.29. The Balaban J connectivity index is 1.36. The first-order valence-corrected chi connectivity index (χ1v) is 12.9. The molecular formula is C30H30FN5O5. The van der Waals surface area contributed by atoms with E-state index in [0.29, 0.717) is 29.4 Å². The predicted molar refractivity (Wildman–Crippen MR) is 150 cm³/mol. The van der Waals surface area contributed by atoms with Crippen LogP contribution in [-0.2, 0) is 29.2 Å². The Morgan fingerprint density at radius 2 is 1.78 bits per heavy atom. The molecular weight excluding hydrogens is 529 g/mol. The molecule has 0 aliphatic rings. The second-order valence-corrected chi connectivity index (χ2v) is 8.83. The molecule has 212 valence electrons. The van der Waals surface area contributed by atoms with E-state index in [1.807, 2.05) is 37.3 Å². The van der Waals surface area contributed by atoms with Gasteiger partial charge in [-0.1, -0.05) is 42.5 Å². The number of benzene rings is 3. The Hall–Kier alpha value is -5.19. The van der Waals surface area contributed by atoms with Gasteiger partial charge in [0.1, 0.15) is 25.1 Å². The fraction of sp³-hybridized carbons (Fsp3) is 0.200. The molecule has 1 heterocycles. The monoisotopic (exact) mass is 559 g/mol. The van der Waals surface area contributed by atoms with Crippen molar-refractivity contribution in [3.8, 4) is 11.5 Å². The van der Waals surface area contributed by atoms with E-state index < -0.39 is 18.0 Å². The minimum atomic E-state index is -0.975. The van der Waals surface area contributed by atoms with Crippen LogP contribution in [-0.4, -0.2) is 40.8 Å². The number of amides is 2. The van der Waals surface area contributed by atoms with E-state index in [-0.39, 0.29) is 25.5 Å². The highest BCUT2D eigenvalue weighted by Gasteiger charge is 2.22. The number of rotatable bonds is 13. The van der Waals surface area contributed by atoms with Crippen LogP contribution in [0.5, 0.6) is 11.5 Å². The number of aromatic nitrogens is 2. The summed E-state index contributed by atoms with van der Waals surface area (Å²) in [6.07, 6.45) is 3.91. The Morgan fingerprint density at radius 3 is 2.51 bits per heavy atom. The Labute approximate surface area is 236 Å².